The van der Waals surface area contributed by atoms with Crippen LogP contribution in [-0.2, 0) is 5.41 Å². The topological polar surface area (TPSA) is 65.0 Å². The van der Waals surface area contributed by atoms with E-state index in [9.17, 15) is 0 Å². The van der Waals surface area contributed by atoms with Gasteiger partial charge in [0.15, 0.2) is 17.5 Å². The average molecular weight is 758 g/mol. The van der Waals surface area contributed by atoms with E-state index >= 15 is 0 Å². The summed E-state index contributed by atoms with van der Waals surface area (Å²) in [5.74, 6) is 1.74. The second kappa shape index (κ2) is 12.7. The zero-order valence-electron chi connectivity index (χ0n) is 32.4. The van der Waals surface area contributed by atoms with Crippen molar-refractivity contribution in [2.45, 2.75) is 19.3 Å². The van der Waals surface area contributed by atoms with Crippen LogP contribution in [0.1, 0.15) is 25.0 Å². The summed E-state index contributed by atoms with van der Waals surface area (Å²) in [6.07, 6.45) is 0. The number of nitrogens with zero attached hydrogens (tertiary/aromatic N) is 3. The number of benzene rings is 8. The molecular weight excluding hydrogens is 723 g/mol. The van der Waals surface area contributed by atoms with Crippen molar-refractivity contribution in [1.82, 2.24) is 15.0 Å². The third-order valence-electron chi connectivity index (χ3n) is 12.2. The van der Waals surface area contributed by atoms with Crippen molar-refractivity contribution >= 4 is 43.9 Å². The van der Waals surface area contributed by atoms with E-state index in [4.69, 9.17) is 23.8 Å². The minimum Gasteiger partial charge on any atom is -0.456 e. The van der Waals surface area contributed by atoms with Crippen molar-refractivity contribution < 1.29 is 8.83 Å². The van der Waals surface area contributed by atoms with Gasteiger partial charge in [-0.25, -0.2) is 15.0 Å². The molecule has 0 unspecified atom stereocenters. The molecule has 0 saturated carbocycles. The number of para-hydroxylation sites is 1. The summed E-state index contributed by atoms with van der Waals surface area (Å²) in [6.45, 7) is 4.64. The molecule has 11 aromatic rings. The molecule has 8 aromatic carbocycles. The zero-order valence-corrected chi connectivity index (χ0v) is 32.4. The monoisotopic (exact) mass is 757 g/mol. The predicted molar refractivity (Wildman–Crippen MR) is 239 cm³/mol. The number of hydrogen-bond donors (Lipinski definition) is 0. The number of rotatable bonds is 5. The third-order valence-corrected chi connectivity index (χ3v) is 12.2. The summed E-state index contributed by atoms with van der Waals surface area (Å²) in [6, 6.07) is 61.4. The lowest BCUT2D eigenvalue weighted by atomic mass is 9.82. The number of fused-ring (bicyclic) bond motifs is 9. The van der Waals surface area contributed by atoms with Crippen LogP contribution in [0, 0.1) is 0 Å². The predicted octanol–water partition coefficient (Wildman–Crippen LogP) is 14.3. The van der Waals surface area contributed by atoms with Gasteiger partial charge in [0.25, 0.3) is 0 Å². The van der Waals surface area contributed by atoms with Gasteiger partial charge < -0.3 is 8.83 Å². The van der Waals surface area contributed by atoms with Crippen molar-refractivity contribution in [2.24, 2.45) is 0 Å². The molecule has 5 nitrogen and oxygen atoms in total. The fraction of sp³-hybridized carbons (Fsp3) is 0.0556. The van der Waals surface area contributed by atoms with Crippen LogP contribution in [0.25, 0.3) is 111 Å². The van der Waals surface area contributed by atoms with E-state index in [1.807, 2.05) is 48.5 Å². The van der Waals surface area contributed by atoms with Gasteiger partial charge in [0.2, 0.25) is 0 Å². The Hall–Kier alpha value is -7.63. The zero-order chi connectivity index (χ0) is 39.2. The van der Waals surface area contributed by atoms with E-state index in [2.05, 4.69) is 141 Å². The van der Waals surface area contributed by atoms with E-state index in [-0.39, 0.29) is 5.41 Å². The van der Waals surface area contributed by atoms with Crippen molar-refractivity contribution in [3.63, 3.8) is 0 Å². The van der Waals surface area contributed by atoms with E-state index in [1.165, 1.54) is 22.3 Å². The summed E-state index contributed by atoms with van der Waals surface area (Å²) in [5.41, 5.74) is 15.7. The van der Waals surface area contributed by atoms with Crippen LogP contribution in [0.5, 0.6) is 0 Å². The summed E-state index contributed by atoms with van der Waals surface area (Å²) in [4.78, 5) is 15.7. The Morgan fingerprint density at radius 1 is 0.339 bits per heavy atom. The second-order valence-electron chi connectivity index (χ2n) is 16.0. The Morgan fingerprint density at radius 3 is 1.76 bits per heavy atom. The quantitative estimate of drug-likeness (QED) is 0.175. The first-order valence-corrected chi connectivity index (χ1v) is 20.0. The molecule has 59 heavy (non-hydrogen) atoms. The van der Waals surface area contributed by atoms with Gasteiger partial charge in [-0.3, -0.25) is 0 Å². The van der Waals surface area contributed by atoms with E-state index in [0.717, 1.165) is 82.8 Å². The molecule has 0 bridgehead atoms. The molecule has 0 amide bonds. The van der Waals surface area contributed by atoms with Crippen LogP contribution in [0.4, 0.5) is 0 Å². The minimum atomic E-state index is -0.0484. The SMILES string of the molecule is CC1(C)c2ccccc2-c2cc(-c3ccc4oc5cccc(-c6nc(-c7cccc(-c8ccccc8)c7)nc(-c7ccc8oc9ccccc9c8c7)n6)c5c4c3)ccc21. The smallest absolute Gasteiger partial charge is 0.164 e. The molecule has 0 fully saturated rings. The van der Waals surface area contributed by atoms with Gasteiger partial charge in [0.1, 0.15) is 22.3 Å². The van der Waals surface area contributed by atoms with Gasteiger partial charge in [-0.15, -0.1) is 0 Å². The Balaban J connectivity index is 1.05. The van der Waals surface area contributed by atoms with Crippen LogP contribution >= 0.6 is 0 Å². The number of furan rings is 2. The highest BCUT2D eigenvalue weighted by Crippen LogP contribution is 2.50. The molecular formula is C54H35N3O2. The molecule has 278 valence electrons. The van der Waals surface area contributed by atoms with Crippen molar-refractivity contribution in [2.75, 3.05) is 0 Å². The van der Waals surface area contributed by atoms with Gasteiger partial charge in [0, 0.05) is 43.7 Å². The first kappa shape index (κ1) is 33.5. The lowest BCUT2D eigenvalue weighted by Crippen LogP contribution is -2.14. The van der Waals surface area contributed by atoms with Gasteiger partial charge in [-0.05, 0) is 99.1 Å². The molecule has 0 saturated heterocycles. The van der Waals surface area contributed by atoms with E-state index in [1.54, 1.807) is 0 Å². The standard InChI is InChI=1S/C54H35N3O2/c1-54(2)44-19-8-6-16-38(44)41-29-34(22-25-45(41)54)35-23-26-48-43(30-35)50-40(18-11-21-49(50)59-48)53-56-51(36-15-10-14-33(28-36)32-12-4-3-5-13-32)55-52(57-53)37-24-27-47-42(31-37)39-17-7-9-20-46(39)58-47/h3-31H,1-2H3. The van der Waals surface area contributed by atoms with Crippen molar-refractivity contribution in [3.8, 4) is 67.5 Å². The number of hydrogen-bond acceptors (Lipinski definition) is 5. The maximum Gasteiger partial charge on any atom is 0.164 e. The Morgan fingerprint density at radius 2 is 0.881 bits per heavy atom. The Kier molecular flexibility index (Phi) is 7.20. The molecule has 0 spiro atoms. The highest BCUT2D eigenvalue weighted by atomic mass is 16.3. The summed E-state index contributed by atoms with van der Waals surface area (Å²) >= 11 is 0. The molecule has 1 aliphatic carbocycles. The largest absolute Gasteiger partial charge is 0.456 e. The van der Waals surface area contributed by atoms with Gasteiger partial charge in [-0.2, -0.15) is 0 Å². The van der Waals surface area contributed by atoms with Crippen LogP contribution < -0.4 is 0 Å². The van der Waals surface area contributed by atoms with Crippen LogP contribution in [0.2, 0.25) is 0 Å². The summed E-state index contributed by atoms with van der Waals surface area (Å²) < 4.78 is 12.7. The highest BCUT2D eigenvalue weighted by Gasteiger charge is 2.35. The average Bonchev–Trinajstić information content (AvgIpc) is 3.93. The normalized spacial score (nSPS) is 13.1. The molecule has 3 heterocycles. The van der Waals surface area contributed by atoms with Crippen molar-refractivity contribution in [1.29, 1.82) is 0 Å². The highest BCUT2D eigenvalue weighted by molar-refractivity contribution is 6.13. The molecule has 0 aliphatic heterocycles. The molecule has 0 atom stereocenters. The third kappa shape index (κ3) is 5.28. The fourth-order valence-corrected chi connectivity index (χ4v) is 9.18. The Bertz CT molecular complexity index is 3480. The van der Waals surface area contributed by atoms with Crippen LogP contribution in [-0.4, -0.2) is 15.0 Å². The van der Waals surface area contributed by atoms with E-state index in [0.29, 0.717) is 17.5 Å². The molecule has 1 aliphatic rings. The molecule has 12 rings (SSSR count). The fourth-order valence-electron chi connectivity index (χ4n) is 9.18. The van der Waals surface area contributed by atoms with Crippen LogP contribution in [0.3, 0.4) is 0 Å². The van der Waals surface area contributed by atoms with Gasteiger partial charge >= 0.3 is 0 Å². The first-order chi connectivity index (χ1) is 29.0. The first-order valence-electron chi connectivity index (χ1n) is 20.0. The number of aromatic nitrogens is 3. The minimum absolute atomic E-state index is 0.0484. The van der Waals surface area contributed by atoms with Gasteiger partial charge in [0.05, 0.1) is 0 Å². The van der Waals surface area contributed by atoms with Gasteiger partial charge in [-0.1, -0.05) is 135 Å². The molecule has 0 radical (unpaired) electrons. The van der Waals surface area contributed by atoms with Crippen LogP contribution in [0.15, 0.2) is 185 Å². The Labute approximate surface area is 340 Å². The van der Waals surface area contributed by atoms with E-state index < -0.39 is 0 Å². The maximum absolute atomic E-state index is 6.55. The molecule has 0 N–H and O–H groups in total. The lowest BCUT2D eigenvalue weighted by molar-refractivity contribution is 0.660. The molecule has 5 heteroatoms. The summed E-state index contributed by atoms with van der Waals surface area (Å²) in [5, 5.41) is 4.04. The van der Waals surface area contributed by atoms with Crippen molar-refractivity contribution in [3.05, 3.63) is 187 Å². The maximum atomic E-state index is 6.55. The molecule has 3 aromatic heterocycles. The lowest BCUT2D eigenvalue weighted by Gasteiger charge is -2.21. The second-order valence-corrected chi connectivity index (χ2v) is 16.0. The summed E-state index contributed by atoms with van der Waals surface area (Å²) in [7, 11) is 0.